The van der Waals surface area contributed by atoms with Crippen molar-refractivity contribution in [2.45, 2.75) is 6.61 Å². The topological polar surface area (TPSA) is 82.5 Å². The van der Waals surface area contributed by atoms with Crippen molar-refractivity contribution >= 4 is 17.6 Å². The fraction of sp³-hybridized carbons (Fsp3) is 0.214. The van der Waals surface area contributed by atoms with Crippen LogP contribution in [0.2, 0.25) is 0 Å². The fourth-order valence-electron chi connectivity index (χ4n) is 1.84. The van der Waals surface area contributed by atoms with Crippen molar-refractivity contribution in [1.29, 1.82) is 0 Å². The van der Waals surface area contributed by atoms with Crippen LogP contribution in [0.15, 0.2) is 30.5 Å². The van der Waals surface area contributed by atoms with Gasteiger partial charge in [-0.3, -0.25) is 9.48 Å². The zero-order valence-electron chi connectivity index (χ0n) is 12.2. The Hall–Kier alpha value is -2.97. The molecule has 0 bridgehead atoms. The number of nitrogens with zero attached hydrogens (tertiary/aromatic N) is 2. The Labute approximate surface area is 129 Å². The molecule has 1 aromatic heterocycles. The maximum Gasteiger partial charge on any atom is 0.387 e. The normalized spacial score (nSPS) is 10.5. The van der Waals surface area contributed by atoms with Crippen molar-refractivity contribution in [2.24, 2.45) is 7.05 Å². The summed E-state index contributed by atoms with van der Waals surface area (Å²) in [6.07, 6.45) is 1.42. The van der Waals surface area contributed by atoms with E-state index in [4.69, 9.17) is 0 Å². The van der Waals surface area contributed by atoms with Gasteiger partial charge < -0.3 is 14.8 Å². The second kappa shape index (κ2) is 6.86. The number of carbonyl (C=O) groups excluding carboxylic acids is 2. The van der Waals surface area contributed by atoms with Crippen LogP contribution in [0, 0.1) is 0 Å². The quantitative estimate of drug-likeness (QED) is 0.851. The highest BCUT2D eigenvalue weighted by Gasteiger charge is 2.19. The number of benzene rings is 1. The SMILES string of the molecule is COC(=O)c1nn(C)cc1NC(=O)c1cccc(OC(F)F)c1. The number of anilines is 1. The van der Waals surface area contributed by atoms with Crippen molar-refractivity contribution < 1.29 is 27.8 Å². The molecule has 1 amide bonds. The summed E-state index contributed by atoms with van der Waals surface area (Å²) in [6, 6.07) is 5.28. The predicted octanol–water partition coefficient (Wildman–Crippen LogP) is 2.06. The number of nitrogens with one attached hydrogen (secondary N) is 1. The molecule has 0 saturated carbocycles. The Morgan fingerprint density at radius 1 is 1.35 bits per heavy atom. The molecule has 122 valence electrons. The third kappa shape index (κ3) is 4.02. The van der Waals surface area contributed by atoms with Crippen LogP contribution in [0.5, 0.6) is 5.75 Å². The predicted molar refractivity (Wildman–Crippen MR) is 75.6 cm³/mol. The zero-order valence-corrected chi connectivity index (χ0v) is 12.2. The summed E-state index contributed by atoms with van der Waals surface area (Å²) in [6.45, 7) is -2.99. The first-order valence-electron chi connectivity index (χ1n) is 6.39. The number of amides is 1. The Bertz CT molecular complexity index is 731. The van der Waals surface area contributed by atoms with Crippen LogP contribution in [-0.2, 0) is 11.8 Å². The third-order valence-electron chi connectivity index (χ3n) is 2.78. The van der Waals surface area contributed by atoms with Gasteiger partial charge in [0.25, 0.3) is 5.91 Å². The minimum atomic E-state index is -2.99. The van der Waals surface area contributed by atoms with Gasteiger partial charge in [0.2, 0.25) is 0 Å². The number of aromatic nitrogens is 2. The number of methoxy groups -OCH3 is 1. The Balaban J connectivity index is 2.21. The molecule has 0 atom stereocenters. The maximum absolute atomic E-state index is 12.2. The number of ether oxygens (including phenoxy) is 2. The first-order chi connectivity index (χ1) is 10.9. The van der Waals surface area contributed by atoms with Gasteiger partial charge in [-0.05, 0) is 18.2 Å². The summed E-state index contributed by atoms with van der Waals surface area (Å²) in [7, 11) is 2.76. The number of esters is 1. The summed E-state index contributed by atoms with van der Waals surface area (Å²) >= 11 is 0. The third-order valence-corrected chi connectivity index (χ3v) is 2.78. The average Bonchev–Trinajstić information content (AvgIpc) is 2.86. The van der Waals surface area contributed by atoms with Crippen LogP contribution in [-0.4, -0.2) is 35.4 Å². The van der Waals surface area contributed by atoms with Gasteiger partial charge in [-0.15, -0.1) is 0 Å². The highest BCUT2D eigenvalue weighted by molar-refractivity contribution is 6.07. The van der Waals surface area contributed by atoms with Gasteiger partial charge in [0.15, 0.2) is 5.69 Å². The standard InChI is InChI=1S/C14H13F2N3O4/c1-19-7-10(11(18-19)13(21)22-2)17-12(20)8-4-3-5-9(6-8)23-14(15)16/h3-7,14H,1-2H3,(H,17,20). The van der Waals surface area contributed by atoms with Gasteiger partial charge in [0, 0.05) is 18.8 Å². The summed E-state index contributed by atoms with van der Waals surface area (Å²) in [5, 5.41) is 6.37. The van der Waals surface area contributed by atoms with E-state index in [1.54, 1.807) is 7.05 Å². The van der Waals surface area contributed by atoms with E-state index in [1.165, 1.54) is 36.2 Å². The monoisotopic (exact) mass is 325 g/mol. The van der Waals surface area contributed by atoms with Crippen molar-refractivity contribution in [3.63, 3.8) is 0 Å². The summed E-state index contributed by atoms with van der Waals surface area (Å²) in [5.41, 5.74) is 0.163. The molecule has 7 nitrogen and oxygen atoms in total. The largest absolute Gasteiger partial charge is 0.464 e. The lowest BCUT2D eigenvalue weighted by Gasteiger charge is -2.07. The van der Waals surface area contributed by atoms with E-state index in [0.29, 0.717) is 0 Å². The molecule has 0 aliphatic carbocycles. The van der Waals surface area contributed by atoms with E-state index < -0.39 is 18.5 Å². The first-order valence-corrected chi connectivity index (χ1v) is 6.39. The Kier molecular flexibility index (Phi) is 4.89. The number of hydrogen-bond donors (Lipinski definition) is 1. The minimum Gasteiger partial charge on any atom is -0.464 e. The Morgan fingerprint density at radius 2 is 2.09 bits per heavy atom. The van der Waals surface area contributed by atoms with Crippen molar-refractivity contribution in [3.05, 3.63) is 41.7 Å². The number of carbonyl (C=O) groups is 2. The number of rotatable bonds is 5. The number of alkyl halides is 2. The smallest absolute Gasteiger partial charge is 0.387 e. The molecule has 9 heteroatoms. The van der Waals surface area contributed by atoms with E-state index in [0.717, 1.165) is 6.07 Å². The van der Waals surface area contributed by atoms with Gasteiger partial charge in [-0.1, -0.05) is 6.07 Å². The summed E-state index contributed by atoms with van der Waals surface area (Å²) < 4.78 is 34.5. The zero-order chi connectivity index (χ0) is 17.0. The van der Waals surface area contributed by atoms with Crippen molar-refractivity contribution in [2.75, 3.05) is 12.4 Å². The molecule has 2 rings (SSSR count). The molecule has 0 radical (unpaired) electrons. The van der Waals surface area contributed by atoms with Gasteiger partial charge in [0.05, 0.1) is 12.8 Å². The van der Waals surface area contributed by atoms with Crippen molar-refractivity contribution in [1.82, 2.24) is 9.78 Å². The maximum atomic E-state index is 12.2. The molecular weight excluding hydrogens is 312 g/mol. The van der Waals surface area contributed by atoms with Gasteiger partial charge in [0.1, 0.15) is 5.75 Å². The van der Waals surface area contributed by atoms with Crippen LogP contribution >= 0.6 is 0 Å². The molecule has 2 aromatic rings. The van der Waals surface area contributed by atoms with Crippen LogP contribution in [0.1, 0.15) is 20.8 Å². The second-order valence-electron chi connectivity index (χ2n) is 4.42. The lowest BCUT2D eigenvalue weighted by Crippen LogP contribution is -2.15. The average molecular weight is 325 g/mol. The van der Waals surface area contributed by atoms with Gasteiger partial charge in [-0.2, -0.15) is 13.9 Å². The van der Waals surface area contributed by atoms with Crippen LogP contribution < -0.4 is 10.1 Å². The Morgan fingerprint density at radius 3 is 2.74 bits per heavy atom. The van der Waals surface area contributed by atoms with E-state index in [1.807, 2.05) is 0 Å². The van der Waals surface area contributed by atoms with Gasteiger partial charge in [-0.25, -0.2) is 4.79 Å². The molecule has 1 aromatic carbocycles. The molecule has 0 aliphatic heterocycles. The molecule has 1 heterocycles. The molecule has 0 spiro atoms. The van der Waals surface area contributed by atoms with Crippen LogP contribution in [0.3, 0.4) is 0 Å². The van der Waals surface area contributed by atoms with Crippen molar-refractivity contribution in [3.8, 4) is 5.75 Å². The van der Waals surface area contributed by atoms with E-state index >= 15 is 0 Å². The highest BCUT2D eigenvalue weighted by atomic mass is 19.3. The molecule has 0 unspecified atom stereocenters. The molecule has 0 aliphatic rings. The van der Waals surface area contributed by atoms with E-state index in [2.05, 4.69) is 19.9 Å². The van der Waals surface area contributed by atoms with E-state index in [-0.39, 0.29) is 22.7 Å². The van der Waals surface area contributed by atoms with E-state index in [9.17, 15) is 18.4 Å². The van der Waals surface area contributed by atoms with Crippen LogP contribution in [0.25, 0.3) is 0 Å². The number of halogens is 2. The summed E-state index contributed by atoms with van der Waals surface area (Å²) in [4.78, 5) is 23.8. The number of hydrogen-bond acceptors (Lipinski definition) is 5. The van der Waals surface area contributed by atoms with Gasteiger partial charge >= 0.3 is 12.6 Å². The second-order valence-corrected chi connectivity index (χ2v) is 4.42. The molecule has 0 fully saturated rings. The molecular formula is C14H13F2N3O4. The minimum absolute atomic E-state index is 0.0664. The highest BCUT2D eigenvalue weighted by Crippen LogP contribution is 2.19. The molecule has 1 N–H and O–H groups in total. The first kappa shape index (κ1) is 16.4. The molecule has 23 heavy (non-hydrogen) atoms. The van der Waals surface area contributed by atoms with Crippen LogP contribution in [0.4, 0.5) is 14.5 Å². The number of aryl methyl sites for hydroxylation is 1. The fourth-order valence-corrected chi connectivity index (χ4v) is 1.84. The molecule has 0 saturated heterocycles. The lowest BCUT2D eigenvalue weighted by molar-refractivity contribution is -0.0498. The lowest BCUT2D eigenvalue weighted by atomic mass is 10.2. The summed E-state index contributed by atoms with van der Waals surface area (Å²) in [5.74, 6) is -1.47.